The van der Waals surface area contributed by atoms with E-state index in [0.29, 0.717) is 23.7 Å². The first-order chi connectivity index (χ1) is 71.1. The number of hydrogen-bond donors (Lipinski definition) is 0. The fraction of sp³-hybridized carbons (Fsp3) is 0.206. The van der Waals surface area contributed by atoms with Crippen LogP contribution in [0.2, 0.25) is 0 Å². The van der Waals surface area contributed by atoms with Crippen molar-refractivity contribution in [3.63, 3.8) is 0 Å². The van der Waals surface area contributed by atoms with Gasteiger partial charge in [0.1, 0.15) is 0 Å². The number of para-hydroxylation sites is 6. The summed E-state index contributed by atoms with van der Waals surface area (Å²) >= 11 is 0. The smallest absolute Gasteiger partial charge is 0.0621 e. The molecule has 30 rings (SSSR count). The molecule has 26 aromatic rings. The molecular weight excluding hydrogens is 1750 g/mol. The fourth-order valence-corrected chi connectivity index (χ4v) is 27.8. The lowest BCUT2D eigenvalue weighted by Crippen LogP contribution is -2.12. The second-order valence-electron chi connectivity index (χ2n) is 42.9. The lowest BCUT2D eigenvalue weighted by molar-refractivity contribution is 0.443. The molecule has 0 amide bonds. The first-order valence-corrected chi connectivity index (χ1v) is 53.6. The Balaban J connectivity index is 0.000000142. The predicted octanol–water partition coefficient (Wildman–Crippen LogP) is 39.3. The van der Waals surface area contributed by atoms with Crippen LogP contribution in [0.15, 0.2) is 364 Å². The van der Waals surface area contributed by atoms with Gasteiger partial charge in [-0.25, -0.2) is 0 Å². The van der Waals surface area contributed by atoms with Gasteiger partial charge in [-0.2, -0.15) is 0 Å². The van der Waals surface area contributed by atoms with Crippen molar-refractivity contribution in [3.8, 4) is 0 Å². The molecule has 0 aliphatic heterocycles. The Labute approximate surface area is 840 Å². The van der Waals surface area contributed by atoms with Crippen LogP contribution in [-0.4, -0.2) is 17.6 Å². The van der Waals surface area contributed by atoms with Crippen molar-refractivity contribution in [2.45, 2.75) is 180 Å². The molecule has 4 saturated carbocycles. The molecule has 4 fully saturated rings. The molecule has 0 N–H and O–H groups in total. The number of anilines is 12. The largest absolute Gasteiger partial charge is 0.310 e. The topological polar surface area (TPSA) is 30.6 Å². The summed E-state index contributed by atoms with van der Waals surface area (Å²) in [6, 6.07) is 140. The first kappa shape index (κ1) is 85.2. The summed E-state index contributed by atoms with van der Waals surface area (Å²) in [5.41, 5.74) is 40.5. The number of nitrogens with zero attached hydrogens (tertiary/aromatic N) is 8. The van der Waals surface area contributed by atoms with Gasteiger partial charge in [-0.1, -0.05) is 283 Å². The zero-order valence-corrected chi connectivity index (χ0v) is 82.7. The highest BCUT2D eigenvalue weighted by Crippen LogP contribution is 2.56. The Morgan fingerprint density at radius 1 is 0.174 bits per heavy atom. The summed E-state index contributed by atoms with van der Waals surface area (Å²) in [4.78, 5) is 10.0. The lowest BCUT2D eigenvalue weighted by atomic mass is 9.84. The van der Waals surface area contributed by atoms with Crippen LogP contribution in [-0.2, 0) is 0 Å². The standard InChI is InChI=1S/C78H74N4.C58H42N4/c1-5-17-51(18-6-1)55-33-41-59(42-34-55)79(60-43-35-56(36-44-60)52-19-7-2-8-20-52)69-29-15-31-71-75(69)65-27-13-25-63-67-50-74-68(49-73(67)81(71)77(63)65)64-26-14-28-66-76-70(30-16-32-72(76)82(74)78(64)66)80(61-45-37-57(38-46-61)53-21-9-3-10-22-53)62-47-39-58(40-48-62)54-23-11-4-12-24-54;1-35-27-29-37(3)51(31-35)59(39-15-7-5-8-16-39)47-23-13-25-49-55(47)43-21-11-19-41-45-34-54-46(33-53(45)61(49)57(41)43)42-20-12-22-44-56-48(24-14-26-50(56)62(54)58(42)44)60(40-17-9-6-10-18-40)52-32-36(2)28-30-38(52)4/h13-16,25-54H,1-12,17-24H2;5-34H,1-4H3. The molecule has 0 spiro atoms. The summed E-state index contributed by atoms with van der Waals surface area (Å²) in [7, 11) is 0. The zero-order chi connectivity index (χ0) is 95.2. The molecule has 4 aliphatic carbocycles. The Bertz CT molecular complexity index is 8790. The van der Waals surface area contributed by atoms with Gasteiger partial charge in [-0.3, -0.25) is 0 Å². The highest BCUT2D eigenvalue weighted by Gasteiger charge is 2.34. The molecule has 0 atom stereocenters. The minimum atomic E-state index is 0.667. The van der Waals surface area contributed by atoms with Gasteiger partial charge in [0.15, 0.2) is 0 Å². The Morgan fingerprint density at radius 3 is 0.660 bits per heavy atom. The molecule has 8 heteroatoms. The van der Waals surface area contributed by atoms with E-state index in [1.54, 1.807) is 0 Å². The van der Waals surface area contributed by atoms with Gasteiger partial charge < -0.3 is 37.2 Å². The number of benzene rings is 18. The van der Waals surface area contributed by atoms with Crippen LogP contribution in [0, 0.1) is 27.7 Å². The van der Waals surface area contributed by atoms with Gasteiger partial charge in [0, 0.05) is 132 Å². The van der Waals surface area contributed by atoms with Crippen LogP contribution >= 0.6 is 0 Å². The summed E-state index contributed by atoms with van der Waals surface area (Å²) in [6.07, 6.45) is 26.7. The highest BCUT2D eigenvalue weighted by atomic mass is 15.2. The second-order valence-corrected chi connectivity index (χ2v) is 42.9. The zero-order valence-electron chi connectivity index (χ0n) is 82.7. The fourth-order valence-electron chi connectivity index (χ4n) is 27.8. The van der Waals surface area contributed by atoms with E-state index in [4.69, 9.17) is 0 Å². The Kier molecular flexibility index (Phi) is 20.1. The molecule has 0 unspecified atom stereocenters. The summed E-state index contributed by atoms with van der Waals surface area (Å²) < 4.78 is 10.3. The predicted molar refractivity (Wildman–Crippen MR) is 613 cm³/mol. The quantitative estimate of drug-likeness (QED) is 0.0965. The van der Waals surface area contributed by atoms with Crippen LogP contribution in [0.3, 0.4) is 0 Å². The van der Waals surface area contributed by atoms with Crippen LogP contribution in [0.1, 0.15) is 197 Å². The third-order valence-electron chi connectivity index (χ3n) is 34.6. The van der Waals surface area contributed by atoms with Gasteiger partial charge >= 0.3 is 0 Å². The summed E-state index contributed by atoms with van der Waals surface area (Å²) in [5, 5.41) is 20.6. The molecule has 0 radical (unpaired) electrons. The normalized spacial score (nSPS) is 15.2. The Morgan fingerprint density at radius 2 is 0.403 bits per heavy atom. The van der Waals surface area contributed by atoms with Crippen molar-refractivity contribution in [1.82, 2.24) is 17.6 Å². The van der Waals surface area contributed by atoms with Crippen LogP contribution in [0.25, 0.3) is 152 Å². The van der Waals surface area contributed by atoms with Gasteiger partial charge in [0.25, 0.3) is 0 Å². The van der Waals surface area contributed by atoms with Crippen molar-refractivity contribution in [2.75, 3.05) is 19.6 Å². The van der Waals surface area contributed by atoms with Crippen LogP contribution < -0.4 is 19.6 Å². The van der Waals surface area contributed by atoms with E-state index < -0.39 is 0 Å². The maximum atomic E-state index is 2.61. The van der Waals surface area contributed by atoms with E-state index in [0.717, 1.165) is 11.4 Å². The Hall–Kier alpha value is -15.6. The van der Waals surface area contributed by atoms with Gasteiger partial charge in [0.2, 0.25) is 0 Å². The molecule has 18 aromatic carbocycles. The van der Waals surface area contributed by atoms with E-state index in [-0.39, 0.29) is 0 Å². The second kappa shape index (κ2) is 34.1. The maximum absolute atomic E-state index is 2.61. The third-order valence-corrected chi connectivity index (χ3v) is 34.6. The van der Waals surface area contributed by atoms with Gasteiger partial charge in [0.05, 0.1) is 88.9 Å². The molecule has 8 aromatic heterocycles. The average Bonchev–Trinajstić information content (AvgIpc) is 1.51. The third kappa shape index (κ3) is 13.3. The minimum absolute atomic E-state index is 0.667. The van der Waals surface area contributed by atoms with Crippen molar-refractivity contribution < 1.29 is 0 Å². The monoisotopic (exact) mass is 1860 g/mol. The number of rotatable bonds is 16. The minimum Gasteiger partial charge on any atom is -0.310 e. The van der Waals surface area contributed by atoms with E-state index in [1.807, 2.05) is 0 Å². The molecule has 700 valence electrons. The molecular formula is C136H116N8. The van der Waals surface area contributed by atoms with Crippen LogP contribution in [0.4, 0.5) is 68.2 Å². The van der Waals surface area contributed by atoms with Crippen molar-refractivity contribution in [2.24, 2.45) is 0 Å². The maximum Gasteiger partial charge on any atom is 0.0621 e. The van der Waals surface area contributed by atoms with Crippen molar-refractivity contribution in [1.29, 1.82) is 0 Å². The number of aromatic nitrogens is 4. The molecule has 144 heavy (non-hydrogen) atoms. The van der Waals surface area contributed by atoms with Crippen molar-refractivity contribution in [3.05, 3.63) is 408 Å². The summed E-state index contributed by atoms with van der Waals surface area (Å²) in [5.74, 6) is 2.67. The number of aryl methyl sites for hydroxylation is 4. The highest BCUT2D eigenvalue weighted by molar-refractivity contribution is 6.34. The number of hydrogen-bond acceptors (Lipinski definition) is 4. The average molecular weight is 1860 g/mol. The molecule has 0 bridgehead atoms. The van der Waals surface area contributed by atoms with Gasteiger partial charge in [-0.05, 0) is 305 Å². The summed E-state index contributed by atoms with van der Waals surface area (Å²) in [6.45, 7) is 8.81. The lowest BCUT2D eigenvalue weighted by Gasteiger charge is -2.28. The first-order valence-electron chi connectivity index (χ1n) is 53.6. The molecule has 4 aliphatic rings. The molecule has 8 nitrogen and oxygen atoms in total. The SMILES string of the molecule is Cc1ccc(C)c(N(c2ccccc2)c2cccc3c2c2cccc4c5cc6c(cc5n3c42)c2cccc3c4c(N(c5ccccc5)c5cc(C)ccc5C)cccc4n6c23)c1.c1cc2c3cc4c(cc3n3c5cccc(N(c6ccc(C7CCCCC7)cc6)c6ccc(C7CCCCC7)cc6)c5c(c1)c23)c1cccc2c3c(N(c5ccc(C6CCCCC6)cc5)c5ccc(C6CCCCC6)cc5)cccc3n4c12. The molecule has 0 saturated heterocycles. The van der Waals surface area contributed by atoms with Crippen LogP contribution in [0.5, 0.6) is 0 Å². The van der Waals surface area contributed by atoms with E-state index in [9.17, 15) is 0 Å². The number of fused-ring (bicyclic) bond motifs is 24. The molecule has 8 heterocycles. The van der Waals surface area contributed by atoms with E-state index >= 15 is 0 Å². The van der Waals surface area contributed by atoms with E-state index in [1.165, 1.54) is 382 Å². The van der Waals surface area contributed by atoms with Gasteiger partial charge in [-0.15, -0.1) is 0 Å². The van der Waals surface area contributed by atoms with Crippen molar-refractivity contribution >= 4 is 221 Å². The van der Waals surface area contributed by atoms with E-state index in [2.05, 4.69) is 429 Å².